The van der Waals surface area contributed by atoms with Gasteiger partial charge in [0.25, 0.3) is 5.91 Å². The van der Waals surface area contributed by atoms with E-state index >= 15 is 0 Å². The molecule has 1 aromatic carbocycles. The van der Waals surface area contributed by atoms with Gasteiger partial charge < -0.3 is 10.3 Å². The normalized spacial score (nSPS) is 10.7. The Balaban J connectivity index is 1.73. The minimum atomic E-state index is -0.145. The van der Waals surface area contributed by atoms with Gasteiger partial charge in [-0.15, -0.1) is 11.8 Å². The number of aromatic nitrogens is 3. The summed E-state index contributed by atoms with van der Waals surface area (Å²) in [7, 11) is 0. The van der Waals surface area contributed by atoms with Crippen LogP contribution in [0.1, 0.15) is 16.2 Å². The highest BCUT2D eigenvalue weighted by Crippen LogP contribution is 2.16. The number of carbonyl (C=O) groups is 1. The molecule has 0 atom stereocenters. The largest absolute Gasteiger partial charge is 0.345 e. The lowest BCUT2D eigenvalue weighted by atomic mass is 10.2. The zero-order valence-electron chi connectivity index (χ0n) is 11.5. The average Bonchev–Trinajstić information content (AvgIpc) is 2.95. The van der Waals surface area contributed by atoms with Crippen LogP contribution in [0.2, 0.25) is 0 Å². The molecule has 2 aromatic heterocycles. The summed E-state index contributed by atoms with van der Waals surface area (Å²) in [5.74, 6) is 0.590. The van der Waals surface area contributed by atoms with Crippen LogP contribution in [0, 0.1) is 0 Å². The summed E-state index contributed by atoms with van der Waals surface area (Å²) in [6, 6.07) is 11.3. The first-order valence-corrected chi connectivity index (χ1v) is 7.71. The molecular formula is C15H14N4OS. The second-order valence-corrected chi connectivity index (χ2v) is 5.24. The van der Waals surface area contributed by atoms with Crippen molar-refractivity contribution in [3.8, 4) is 0 Å². The molecule has 6 heteroatoms. The molecule has 0 radical (unpaired) electrons. The zero-order chi connectivity index (χ0) is 14.7. The van der Waals surface area contributed by atoms with E-state index in [-0.39, 0.29) is 5.91 Å². The summed E-state index contributed by atoms with van der Waals surface area (Å²) >= 11 is 1.45. The summed E-state index contributed by atoms with van der Waals surface area (Å²) < 4.78 is 0. The highest BCUT2D eigenvalue weighted by molar-refractivity contribution is 7.98. The van der Waals surface area contributed by atoms with Crippen molar-refractivity contribution in [2.75, 3.05) is 6.26 Å². The number of rotatable bonds is 4. The molecule has 0 aliphatic carbocycles. The molecule has 0 aliphatic heterocycles. The first kappa shape index (κ1) is 13.6. The van der Waals surface area contributed by atoms with Gasteiger partial charge in [0, 0.05) is 6.20 Å². The highest BCUT2D eigenvalue weighted by Gasteiger charge is 2.12. The Morgan fingerprint density at radius 3 is 2.95 bits per heavy atom. The van der Waals surface area contributed by atoms with Crippen LogP contribution < -0.4 is 5.32 Å². The molecule has 0 unspecified atom stereocenters. The molecule has 21 heavy (non-hydrogen) atoms. The number of hydrogen-bond acceptors (Lipinski definition) is 4. The van der Waals surface area contributed by atoms with Crippen molar-refractivity contribution in [1.82, 2.24) is 20.3 Å². The number of thioether (sulfide) groups is 1. The zero-order valence-corrected chi connectivity index (χ0v) is 12.3. The molecule has 0 bridgehead atoms. The number of aromatic amines is 1. The lowest BCUT2D eigenvalue weighted by Crippen LogP contribution is -2.24. The first-order valence-electron chi connectivity index (χ1n) is 6.49. The van der Waals surface area contributed by atoms with Gasteiger partial charge in [0.2, 0.25) is 0 Å². The van der Waals surface area contributed by atoms with E-state index in [1.165, 1.54) is 11.8 Å². The molecule has 1 amide bonds. The maximum Gasteiger partial charge on any atom is 0.254 e. The van der Waals surface area contributed by atoms with E-state index in [2.05, 4.69) is 20.3 Å². The van der Waals surface area contributed by atoms with E-state index in [4.69, 9.17) is 0 Å². The van der Waals surface area contributed by atoms with E-state index in [9.17, 15) is 4.79 Å². The quantitative estimate of drug-likeness (QED) is 0.726. The standard InChI is InChI=1S/C15H14N4OS/c1-21-15-10(5-4-8-16-15)14(20)17-9-13-18-11-6-2-3-7-12(11)19-13/h2-8H,9H2,1H3,(H,17,20)(H,18,19). The molecule has 0 saturated heterocycles. The van der Waals surface area contributed by atoms with Gasteiger partial charge in [-0.25, -0.2) is 9.97 Å². The number of pyridine rings is 1. The SMILES string of the molecule is CSc1ncccc1C(=O)NCc1nc2ccccc2[nH]1. The summed E-state index contributed by atoms with van der Waals surface area (Å²) in [6.45, 7) is 0.357. The van der Waals surface area contributed by atoms with Crippen molar-refractivity contribution in [2.45, 2.75) is 11.6 Å². The van der Waals surface area contributed by atoms with Crippen molar-refractivity contribution in [3.05, 3.63) is 54.0 Å². The fourth-order valence-electron chi connectivity index (χ4n) is 2.07. The topological polar surface area (TPSA) is 70.7 Å². The van der Waals surface area contributed by atoms with Crippen molar-refractivity contribution in [3.63, 3.8) is 0 Å². The third-order valence-electron chi connectivity index (χ3n) is 3.06. The van der Waals surface area contributed by atoms with Gasteiger partial charge in [-0.05, 0) is 30.5 Å². The van der Waals surface area contributed by atoms with Crippen molar-refractivity contribution in [2.24, 2.45) is 0 Å². The first-order chi connectivity index (χ1) is 10.3. The predicted molar refractivity (Wildman–Crippen MR) is 83.3 cm³/mol. The molecule has 0 saturated carbocycles. The Morgan fingerprint density at radius 2 is 2.14 bits per heavy atom. The van der Waals surface area contributed by atoms with Gasteiger partial charge in [0.05, 0.1) is 23.1 Å². The maximum absolute atomic E-state index is 12.2. The van der Waals surface area contributed by atoms with Gasteiger partial charge in [-0.1, -0.05) is 12.1 Å². The van der Waals surface area contributed by atoms with Crippen LogP contribution in [0.15, 0.2) is 47.6 Å². The van der Waals surface area contributed by atoms with Crippen LogP contribution in [-0.4, -0.2) is 27.1 Å². The molecule has 2 heterocycles. The Labute approximate surface area is 126 Å². The van der Waals surface area contributed by atoms with E-state index in [0.717, 1.165) is 21.9 Å². The number of fused-ring (bicyclic) bond motifs is 1. The van der Waals surface area contributed by atoms with E-state index in [0.29, 0.717) is 12.1 Å². The fraction of sp³-hybridized carbons (Fsp3) is 0.133. The Hall–Kier alpha value is -2.34. The van der Waals surface area contributed by atoms with E-state index < -0.39 is 0 Å². The van der Waals surface area contributed by atoms with Gasteiger partial charge in [0.15, 0.2) is 0 Å². The van der Waals surface area contributed by atoms with Crippen LogP contribution in [-0.2, 0) is 6.54 Å². The summed E-state index contributed by atoms with van der Waals surface area (Å²) in [5.41, 5.74) is 2.45. The lowest BCUT2D eigenvalue weighted by molar-refractivity contribution is 0.0946. The molecule has 2 N–H and O–H groups in total. The third-order valence-corrected chi connectivity index (χ3v) is 3.78. The van der Waals surface area contributed by atoms with Gasteiger partial charge >= 0.3 is 0 Å². The summed E-state index contributed by atoms with van der Waals surface area (Å²) in [5, 5.41) is 3.59. The van der Waals surface area contributed by atoms with Crippen LogP contribution in [0.4, 0.5) is 0 Å². The van der Waals surface area contributed by atoms with Crippen LogP contribution in [0.5, 0.6) is 0 Å². The van der Waals surface area contributed by atoms with Crippen LogP contribution >= 0.6 is 11.8 Å². The number of imidazole rings is 1. The average molecular weight is 298 g/mol. The summed E-state index contributed by atoms with van der Waals surface area (Å²) in [6.07, 6.45) is 3.58. The molecule has 3 aromatic rings. The number of H-pyrrole nitrogens is 1. The highest BCUT2D eigenvalue weighted by atomic mass is 32.2. The minimum absolute atomic E-state index is 0.145. The number of nitrogens with one attached hydrogen (secondary N) is 2. The second kappa shape index (κ2) is 5.97. The van der Waals surface area contributed by atoms with Gasteiger partial charge in [-0.3, -0.25) is 4.79 Å². The van der Waals surface area contributed by atoms with Crippen molar-refractivity contribution >= 4 is 28.7 Å². The van der Waals surface area contributed by atoms with Crippen LogP contribution in [0.25, 0.3) is 11.0 Å². The van der Waals surface area contributed by atoms with Gasteiger partial charge in [0.1, 0.15) is 10.9 Å². The van der Waals surface area contributed by atoms with Crippen LogP contribution in [0.3, 0.4) is 0 Å². The fourth-order valence-corrected chi connectivity index (χ4v) is 2.62. The van der Waals surface area contributed by atoms with E-state index in [1.807, 2.05) is 30.5 Å². The minimum Gasteiger partial charge on any atom is -0.345 e. The Bertz CT molecular complexity index is 751. The second-order valence-electron chi connectivity index (χ2n) is 4.44. The summed E-state index contributed by atoms with van der Waals surface area (Å²) in [4.78, 5) is 24.0. The number of nitrogens with zero attached hydrogens (tertiary/aromatic N) is 2. The number of carbonyl (C=O) groups excluding carboxylic acids is 1. The van der Waals surface area contributed by atoms with E-state index in [1.54, 1.807) is 18.3 Å². The Morgan fingerprint density at radius 1 is 1.29 bits per heavy atom. The number of hydrogen-bond donors (Lipinski definition) is 2. The maximum atomic E-state index is 12.2. The molecule has 0 spiro atoms. The molecule has 3 rings (SSSR count). The molecule has 0 fully saturated rings. The predicted octanol–water partition coefficient (Wildman–Crippen LogP) is 2.61. The number of para-hydroxylation sites is 2. The third kappa shape index (κ3) is 2.90. The molecule has 0 aliphatic rings. The Kier molecular flexibility index (Phi) is 3.87. The number of amides is 1. The smallest absolute Gasteiger partial charge is 0.254 e. The van der Waals surface area contributed by atoms with Gasteiger partial charge in [-0.2, -0.15) is 0 Å². The van der Waals surface area contributed by atoms with Crippen molar-refractivity contribution in [1.29, 1.82) is 0 Å². The van der Waals surface area contributed by atoms with Crippen molar-refractivity contribution < 1.29 is 4.79 Å². The monoisotopic (exact) mass is 298 g/mol. The molecular weight excluding hydrogens is 284 g/mol. The molecule has 5 nitrogen and oxygen atoms in total. The lowest BCUT2D eigenvalue weighted by Gasteiger charge is -2.06. The number of benzene rings is 1. The molecule has 106 valence electrons.